The molecular formula is C13H16O4. The molecule has 4 nitrogen and oxygen atoms in total. The molecule has 92 valence electrons. The average molecular weight is 236 g/mol. The van der Waals surface area contributed by atoms with Gasteiger partial charge in [0.15, 0.2) is 11.5 Å². The highest BCUT2D eigenvalue weighted by atomic mass is 16.4. The zero-order chi connectivity index (χ0) is 12.3. The number of furan rings is 1. The Labute approximate surface area is 99.6 Å². The van der Waals surface area contributed by atoms with Crippen LogP contribution in [0.25, 0.3) is 0 Å². The van der Waals surface area contributed by atoms with Gasteiger partial charge in [0.25, 0.3) is 0 Å². The Balaban J connectivity index is 1.87. The molecule has 4 heteroatoms. The molecule has 0 aromatic carbocycles. The third kappa shape index (κ3) is 2.96. The van der Waals surface area contributed by atoms with E-state index < -0.39 is 5.97 Å². The van der Waals surface area contributed by atoms with E-state index in [9.17, 15) is 9.59 Å². The summed E-state index contributed by atoms with van der Waals surface area (Å²) in [5.74, 6) is -0.577. The topological polar surface area (TPSA) is 67.5 Å². The Bertz CT molecular complexity index is 413. The van der Waals surface area contributed by atoms with Crippen molar-refractivity contribution in [3.63, 3.8) is 0 Å². The molecule has 0 aliphatic heterocycles. The number of rotatable bonds is 5. The molecule has 0 amide bonds. The van der Waals surface area contributed by atoms with Crippen molar-refractivity contribution in [2.24, 2.45) is 5.92 Å². The zero-order valence-electron chi connectivity index (χ0n) is 9.65. The van der Waals surface area contributed by atoms with E-state index in [0.29, 0.717) is 12.3 Å². The molecule has 1 aliphatic carbocycles. The summed E-state index contributed by atoms with van der Waals surface area (Å²) in [6.45, 7) is 0. The molecular weight excluding hydrogens is 220 g/mol. The largest absolute Gasteiger partial charge is 0.475 e. The average Bonchev–Trinajstić information content (AvgIpc) is 2.96. The van der Waals surface area contributed by atoms with Gasteiger partial charge in [0, 0.05) is 6.42 Å². The van der Waals surface area contributed by atoms with E-state index in [1.165, 1.54) is 37.8 Å². The number of carbonyl (C=O) groups is 2. The van der Waals surface area contributed by atoms with Crippen LogP contribution in [0.1, 0.15) is 59.6 Å². The molecule has 1 fully saturated rings. The van der Waals surface area contributed by atoms with Crippen LogP contribution in [0.5, 0.6) is 0 Å². The second kappa shape index (κ2) is 5.17. The van der Waals surface area contributed by atoms with Crippen LogP contribution in [0.15, 0.2) is 16.5 Å². The van der Waals surface area contributed by atoms with Crippen LogP contribution in [0.2, 0.25) is 0 Å². The van der Waals surface area contributed by atoms with Crippen LogP contribution in [-0.4, -0.2) is 16.9 Å². The normalized spacial score (nSPS) is 16.2. The van der Waals surface area contributed by atoms with Crippen molar-refractivity contribution >= 4 is 11.8 Å². The number of hydrogen-bond donors (Lipinski definition) is 1. The minimum atomic E-state index is -1.14. The van der Waals surface area contributed by atoms with Gasteiger partial charge in [0.2, 0.25) is 5.76 Å². The Morgan fingerprint density at radius 2 is 1.88 bits per heavy atom. The molecule has 0 bridgehead atoms. The van der Waals surface area contributed by atoms with E-state index in [1.807, 2.05) is 0 Å². The van der Waals surface area contributed by atoms with E-state index in [2.05, 4.69) is 0 Å². The second-order valence-corrected chi connectivity index (χ2v) is 4.58. The smallest absolute Gasteiger partial charge is 0.371 e. The molecule has 1 N–H and O–H groups in total. The first-order valence-electron chi connectivity index (χ1n) is 6.03. The Hall–Kier alpha value is -1.58. The summed E-state index contributed by atoms with van der Waals surface area (Å²) in [6, 6.07) is 2.77. The van der Waals surface area contributed by atoms with Gasteiger partial charge in [-0.3, -0.25) is 4.79 Å². The van der Waals surface area contributed by atoms with Gasteiger partial charge in [-0.15, -0.1) is 0 Å². The second-order valence-electron chi connectivity index (χ2n) is 4.58. The van der Waals surface area contributed by atoms with Crippen molar-refractivity contribution in [1.82, 2.24) is 0 Å². The molecule has 1 aromatic rings. The minimum Gasteiger partial charge on any atom is -0.475 e. The van der Waals surface area contributed by atoms with Crippen LogP contribution < -0.4 is 0 Å². The predicted molar refractivity (Wildman–Crippen MR) is 61.2 cm³/mol. The highest BCUT2D eigenvalue weighted by Crippen LogP contribution is 2.29. The van der Waals surface area contributed by atoms with Gasteiger partial charge in [0.1, 0.15) is 0 Å². The van der Waals surface area contributed by atoms with Crippen molar-refractivity contribution in [3.8, 4) is 0 Å². The molecule has 1 aromatic heterocycles. The molecule has 0 radical (unpaired) electrons. The Morgan fingerprint density at radius 3 is 2.47 bits per heavy atom. The number of carboxylic acids is 1. The lowest BCUT2D eigenvalue weighted by Crippen LogP contribution is -2.02. The maximum Gasteiger partial charge on any atom is 0.371 e. The Kier molecular flexibility index (Phi) is 3.61. The van der Waals surface area contributed by atoms with Crippen LogP contribution in [0.4, 0.5) is 0 Å². The van der Waals surface area contributed by atoms with Gasteiger partial charge in [-0.25, -0.2) is 4.79 Å². The third-order valence-corrected chi connectivity index (χ3v) is 3.35. The minimum absolute atomic E-state index is 0.0931. The lowest BCUT2D eigenvalue weighted by molar-refractivity contribution is 0.0660. The van der Waals surface area contributed by atoms with Gasteiger partial charge in [0.05, 0.1) is 0 Å². The molecule has 0 atom stereocenters. The maximum atomic E-state index is 11.8. The van der Waals surface area contributed by atoms with E-state index in [1.54, 1.807) is 0 Å². The van der Waals surface area contributed by atoms with Crippen molar-refractivity contribution in [1.29, 1.82) is 0 Å². The summed E-state index contributed by atoms with van der Waals surface area (Å²) in [7, 11) is 0. The first-order chi connectivity index (χ1) is 8.16. The van der Waals surface area contributed by atoms with Crippen LogP contribution >= 0.6 is 0 Å². The molecule has 1 heterocycles. The van der Waals surface area contributed by atoms with Crippen LogP contribution in [0.3, 0.4) is 0 Å². The number of hydrogen-bond acceptors (Lipinski definition) is 3. The van der Waals surface area contributed by atoms with Crippen LogP contribution in [0, 0.1) is 5.92 Å². The number of Topliss-reactive ketones (excluding diaryl/α,β-unsaturated/α-hetero) is 1. The SMILES string of the molecule is O=C(O)c1ccc(C(=O)CCC2CCCC2)o1. The first-order valence-corrected chi connectivity index (χ1v) is 6.03. The molecule has 1 saturated carbocycles. The summed E-state index contributed by atoms with van der Waals surface area (Å²) in [5, 5.41) is 8.68. The third-order valence-electron chi connectivity index (χ3n) is 3.35. The van der Waals surface area contributed by atoms with Crippen molar-refractivity contribution < 1.29 is 19.1 Å². The predicted octanol–water partition coefficient (Wildman–Crippen LogP) is 3.13. The molecule has 0 saturated heterocycles. The maximum absolute atomic E-state index is 11.8. The van der Waals surface area contributed by atoms with E-state index in [0.717, 1.165) is 6.42 Å². The summed E-state index contributed by atoms with van der Waals surface area (Å²) >= 11 is 0. The molecule has 1 aliphatic rings. The first kappa shape index (κ1) is 11.9. The fourth-order valence-corrected chi connectivity index (χ4v) is 2.36. The van der Waals surface area contributed by atoms with Gasteiger partial charge in [-0.2, -0.15) is 0 Å². The van der Waals surface area contributed by atoms with Gasteiger partial charge in [-0.05, 0) is 24.5 Å². The van der Waals surface area contributed by atoms with Gasteiger partial charge >= 0.3 is 5.97 Å². The van der Waals surface area contributed by atoms with E-state index >= 15 is 0 Å². The molecule has 17 heavy (non-hydrogen) atoms. The van der Waals surface area contributed by atoms with Crippen molar-refractivity contribution in [2.75, 3.05) is 0 Å². The van der Waals surface area contributed by atoms with Gasteiger partial charge in [-0.1, -0.05) is 25.7 Å². The molecule has 0 spiro atoms. The quantitative estimate of drug-likeness (QED) is 0.797. The lowest BCUT2D eigenvalue weighted by atomic mass is 10.00. The fraction of sp³-hybridized carbons (Fsp3) is 0.538. The summed E-state index contributed by atoms with van der Waals surface area (Å²) in [6.07, 6.45) is 6.31. The Morgan fingerprint density at radius 1 is 1.24 bits per heavy atom. The van der Waals surface area contributed by atoms with E-state index in [4.69, 9.17) is 9.52 Å². The molecule has 0 unspecified atom stereocenters. The van der Waals surface area contributed by atoms with E-state index in [-0.39, 0.29) is 17.3 Å². The standard InChI is InChI=1S/C13H16O4/c14-10(6-5-9-3-1-2-4-9)11-7-8-12(17-11)13(15)16/h7-9H,1-6H2,(H,15,16). The summed E-state index contributed by atoms with van der Waals surface area (Å²) in [4.78, 5) is 22.3. The zero-order valence-corrected chi connectivity index (χ0v) is 9.65. The summed E-state index contributed by atoms with van der Waals surface area (Å²) < 4.78 is 4.97. The number of ketones is 1. The monoisotopic (exact) mass is 236 g/mol. The summed E-state index contributed by atoms with van der Waals surface area (Å²) in [5.41, 5.74) is 0. The number of carboxylic acid groups (broad SMARTS) is 1. The molecule has 2 rings (SSSR count). The highest BCUT2D eigenvalue weighted by molar-refractivity contribution is 5.95. The van der Waals surface area contributed by atoms with Crippen molar-refractivity contribution in [3.05, 3.63) is 23.7 Å². The fourth-order valence-electron chi connectivity index (χ4n) is 2.36. The van der Waals surface area contributed by atoms with Gasteiger partial charge < -0.3 is 9.52 Å². The number of carbonyl (C=O) groups excluding carboxylic acids is 1. The van der Waals surface area contributed by atoms with Crippen LogP contribution in [-0.2, 0) is 0 Å². The van der Waals surface area contributed by atoms with Crippen molar-refractivity contribution in [2.45, 2.75) is 38.5 Å². The highest BCUT2D eigenvalue weighted by Gasteiger charge is 2.19. The number of aromatic carboxylic acids is 1. The lowest BCUT2D eigenvalue weighted by Gasteiger charge is -2.06.